The first kappa shape index (κ1) is 16.0. The van der Waals surface area contributed by atoms with E-state index in [2.05, 4.69) is 47.6 Å². The number of aromatic nitrogens is 1. The van der Waals surface area contributed by atoms with Crippen molar-refractivity contribution in [2.75, 3.05) is 5.32 Å². The van der Waals surface area contributed by atoms with E-state index in [9.17, 15) is 4.79 Å². The average Bonchev–Trinajstić information content (AvgIpc) is 3.05. The molecule has 0 saturated carbocycles. The van der Waals surface area contributed by atoms with E-state index in [0.717, 1.165) is 30.5 Å². The van der Waals surface area contributed by atoms with Crippen LogP contribution in [0.2, 0.25) is 0 Å². The van der Waals surface area contributed by atoms with Gasteiger partial charge in [-0.25, -0.2) is 4.98 Å². The van der Waals surface area contributed by atoms with Crippen molar-refractivity contribution in [2.24, 2.45) is 0 Å². The van der Waals surface area contributed by atoms with Crippen molar-refractivity contribution in [2.45, 2.75) is 32.6 Å². The van der Waals surface area contributed by atoms with E-state index in [0.29, 0.717) is 11.6 Å². The quantitative estimate of drug-likeness (QED) is 0.745. The Labute approximate surface area is 151 Å². The van der Waals surface area contributed by atoms with Crippen LogP contribution < -0.4 is 5.32 Å². The summed E-state index contributed by atoms with van der Waals surface area (Å²) < 4.78 is 0. The van der Waals surface area contributed by atoms with Gasteiger partial charge in [0.2, 0.25) is 5.91 Å². The highest BCUT2D eigenvalue weighted by Gasteiger charge is 2.21. The maximum Gasteiger partial charge on any atom is 0.230 e. The van der Waals surface area contributed by atoms with Gasteiger partial charge < -0.3 is 5.32 Å². The number of rotatable bonds is 4. The average molecular weight is 348 g/mol. The topological polar surface area (TPSA) is 42.0 Å². The lowest BCUT2D eigenvalue weighted by atomic mass is 9.94. The molecule has 3 aromatic rings. The van der Waals surface area contributed by atoms with Crippen LogP contribution in [0.4, 0.5) is 5.13 Å². The second kappa shape index (κ2) is 6.81. The van der Waals surface area contributed by atoms with Crippen LogP contribution in [0.15, 0.2) is 48.5 Å². The van der Waals surface area contributed by atoms with Crippen molar-refractivity contribution in [1.82, 2.24) is 4.98 Å². The number of thiazole rings is 1. The zero-order chi connectivity index (χ0) is 17.2. The first-order valence-corrected chi connectivity index (χ1v) is 9.50. The number of hydrogen-bond donors (Lipinski definition) is 1. The maximum atomic E-state index is 12.4. The maximum absolute atomic E-state index is 12.4. The van der Waals surface area contributed by atoms with Gasteiger partial charge in [-0.2, -0.15) is 0 Å². The van der Waals surface area contributed by atoms with Gasteiger partial charge in [-0.1, -0.05) is 55.5 Å². The van der Waals surface area contributed by atoms with E-state index in [1.807, 2.05) is 18.2 Å². The molecule has 0 saturated heterocycles. The Morgan fingerprint density at radius 3 is 2.64 bits per heavy atom. The molecule has 4 heteroatoms. The summed E-state index contributed by atoms with van der Waals surface area (Å²) in [6.45, 7) is 2.13. The highest BCUT2D eigenvalue weighted by Crippen LogP contribution is 2.37. The van der Waals surface area contributed by atoms with Crippen LogP contribution in [0, 0.1) is 0 Å². The summed E-state index contributed by atoms with van der Waals surface area (Å²) in [4.78, 5) is 18.3. The van der Waals surface area contributed by atoms with Crippen LogP contribution in [-0.4, -0.2) is 10.9 Å². The monoisotopic (exact) mass is 348 g/mol. The minimum atomic E-state index is -0.0105. The Hall–Kier alpha value is -2.46. The van der Waals surface area contributed by atoms with Gasteiger partial charge in [0.15, 0.2) is 5.13 Å². The number of hydrogen-bond acceptors (Lipinski definition) is 3. The number of fused-ring (bicyclic) bond motifs is 3. The van der Waals surface area contributed by atoms with Gasteiger partial charge in [-0.05, 0) is 36.0 Å². The molecule has 0 atom stereocenters. The van der Waals surface area contributed by atoms with Gasteiger partial charge >= 0.3 is 0 Å². The van der Waals surface area contributed by atoms with Crippen molar-refractivity contribution < 1.29 is 4.79 Å². The van der Waals surface area contributed by atoms with E-state index < -0.39 is 0 Å². The number of nitrogens with zero attached hydrogens (tertiary/aromatic N) is 1. The van der Waals surface area contributed by atoms with Gasteiger partial charge in [0, 0.05) is 10.4 Å². The first-order valence-electron chi connectivity index (χ1n) is 8.68. The minimum Gasteiger partial charge on any atom is -0.302 e. The first-order chi connectivity index (χ1) is 12.2. The summed E-state index contributed by atoms with van der Waals surface area (Å²) in [6, 6.07) is 16.6. The Morgan fingerprint density at radius 1 is 1.08 bits per heavy atom. The molecule has 25 heavy (non-hydrogen) atoms. The van der Waals surface area contributed by atoms with Crippen LogP contribution >= 0.6 is 11.3 Å². The molecule has 0 bridgehead atoms. The zero-order valence-electron chi connectivity index (χ0n) is 14.2. The fraction of sp³-hybridized carbons (Fsp3) is 0.238. The third-order valence-electron chi connectivity index (χ3n) is 4.63. The van der Waals surface area contributed by atoms with Crippen LogP contribution in [0.3, 0.4) is 0 Å². The van der Waals surface area contributed by atoms with Gasteiger partial charge in [-0.15, -0.1) is 11.3 Å². The molecule has 2 aromatic carbocycles. The highest BCUT2D eigenvalue weighted by molar-refractivity contribution is 7.16. The van der Waals surface area contributed by atoms with E-state index in [4.69, 9.17) is 0 Å². The molecule has 0 spiro atoms. The third-order valence-corrected chi connectivity index (χ3v) is 5.66. The summed E-state index contributed by atoms with van der Waals surface area (Å²) >= 11 is 1.60. The van der Waals surface area contributed by atoms with Crippen molar-refractivity contribution in [3.63, 3.8) is 0 Å². The number of amides is 1. The van der Waals surface area contributed by atoms with Gasteiger partial charge in [0.25, 0.3) is 0 Å². The number of anilines is 1. The fourth-order valence-electron chi connectivity index (χ4n) is 3.24. The molecule has 0 unspecified atom stereocenters. The molecule has 4 rings (SSSR count). The molecule has 1 aliphatic carbocycles. The lowest BCUT2D eigenvalue weighted by Crippen LogP contribution is -2.14. The zero-order valence-corrected chi connectivity index (χ0v) is 15.0. The second-order valence-electron chi connectivity index (χ2n) is 6.34. The summed E-state index contributed by atoms with van der Waals surface area (Å²) in [7, 11) is 0. The second-order valence-corrected chi connectivity index (χ2v) is 7.43. The predicted molar refractivity (Wildman–Crippen MR) is 103 cm³/mol. The molecule has 1 N–H and O–H groups in total. The summed E-state index contributed by atoms with van der Waals surface area (Å²) in [6.07, 6.45) is 3.43. The van der Waals surface area contributed by atoms with Crippen molar-refractivity contribution in [3.8, 4) is 11.3 Å². The van der Waals surface area contributed by atoms with Crippen molar-refractivity contribution in [1.29, 1.82) is 0 Å². The number of aryl methyl sites for hydroxylation is 3. The Kier molecular flexibility index (Phi) is 4.36. The van der Waals surface area contributed by atoms with Gasteiger partial charge in [0.05, 0.1) is 12.1 Å². The predicted octanol–water partition coefficient (Wildman–Crippen LogP) is 4.65. The standard InChI is InChI=1S/C21H20N2OS/c1-2-14-7-9-15(10-8-14)13-19(24)22-21-23-20-17-6-4-3-5-16(17)11-12-18(20)25-21/h3-10H,2,11-13H2,1H3,(H,22,23,24). The minimum absolute atomic E-state index is 0.0105. The van der Waals surface area contributed by atoms with Crippen LogP contribution in [0.1, 0.15) is 28.5 Å². The summed E-state index contributed by atoms with van der Waals surface area (Å²) in [5.41, 5.74) is 5.90. The molecule has 0 radical (unpaired) electrons. The van der Waals surface area contributed by atoms with Crippen LogP contribution in [-0.2, 0) is 30.5 Å². The van der Waals surface area contributed by atoms with E-state index in [1.165, 1.54) is 21.6 Å². The van der Waals surface area contributed by atoms with Crippen molar-refractivity contribution in [3.05, 3.63) is 70.1 Å². The smallest absolute Gasteiger partial charge is 0.230 e. The van der Waals surface area contributed by atoms with Gasteiger partial charge in [0.1, 0.15) is 0 Å². The molecule has 126 valence electrons. The number of carbonyl (C=O) groups is 1. The van der Waals surface area contributed by atoms with E-state index >= 15 is 0 Å². The molecule has 1 amide bonds. The third kappa shape index (κ3) is 3.35. The van der Waals surface area contributed by atoms with Gasteiger partial charge in [-0.3, -0.25) is 4.79 Å². The summed E-state index contributed by atoms with van der Waals surface area (Å²) in [5, 5.41) is 3.68. The molecule has 1 aromatic heterocycles. The SMILES string of the molecule is CCc1ccc(CC(=O)Nc2nc3c(s2)CCc2ccccc2-3)cc1. The number of benzene rings is 2. The normalized spacial score (nSPS) is 12.4. The molecular formula is C21H20N2OS. The Bertz CT molecular complexity index is 912. The molecule has 0 fully saturated rings. The Morgan fingerprint density at radius 2 is 1.84 bits per heavy atom. The van der Waals surface area contributed by atoms with Crippen LogP contribution in [0.25, 0.3) is 11.3 Å². The number of carbonyl (C=O) groups excluding carboxylic acids is 1. The highest BCUT2D eigenvalue weighted by atomic mass is 32.1. The Balaban J connectivity index is 1.48. The largest absolute Gasteiger partial charge is 0.302 e. The fourth-order valence-corrected chi connectivity index (χ4v) is 4.24. The molecule has 1 aliphatic rings. The summed E-state index contributed by atoms with van der Waals surface area (Å²) in [5.74, 6) is -0.0105. The van der Waals surface area contributed by atoms with E-state index in [1.54, 1.807) is 11.3 Å². The van der Waals surface area contributed by atoms with Crippen LogP contribution in [0.5, 0.6) is 0 Å². The lowest BCUT2D eigenvalue weighted by molar-refractivity contribution is -0.115. The lowest BCUT2D eigenvalue weighted by Gasteiger charge is -2.13. The van der Waals surface area contributed by atoms with E-state index in [-0.39, 0.29) is 5.91 Å². The number of nitrogens with one attached hydrogen (secondary N) is 1. The molecule has 1 heterocycles. The molecule has 3 nitrogen and oxygen atoms in total. The molecular weight excluding hydrogens is 328 g/mol. The van der Waals surface area contributed by atoms with Crippen molar-refractivity contribution >= 4 is 22.4 Å². The molecule has 0 aliphatic heterocycles.